The molecule has 1 nitrogen and oxygen atoms in total. The van der Waals surface area contributed by atoms with Crippen molar-refractivity contribution in [1.82, 2.24) is 0 Å². The van der Waals surface area contributed by atoms with E-state index >= 15 is 0 Å². The zero-order valence-corrected chi connectivity index (χ0v) is 10.3. The van der Waals surface area contributed by atoms with Gasteiger partial charge in [-0.2, -0.15) is 0 Å². The normalized spacial score (nSPS) is 27.5. The highest BCUT2D eigenvalue weighted by Gasteiger charge is 2.47. The fraction of sp³-hybridized carbons (Fsp3) is 0.176. The lowest BCUT2D eigenvalue weighted by Crippen LogP contribution is -2.22. The monoisotopic (exact) mass is 234 g/mol. The van der Waals surface area contributed by atoms with Gasteiger partial charge >= 0.3 is 0 Å². The second kappa shape index (κ2) is 3.33. The van der Waals surface area contributed by atoms with Crippen molar-refractivity contribution in [2.75, 3.05) is 0 Å². The first-order valence-electron chi connectivity index (χ1n) is 6.33. The van der Waals surface area contributed by atoms with Gasteiger partial charge in [0.2, 0.25) is 0 Å². The van der Waals surface area contributed by atoms with Crippen molar-refractivity contribution in [2.24, 2.45) is 0 Å². The lowest BCUT2D eigenvalue weighted by molar-refractivity contribution is 0.0270. The Hall–Kier alpha value is -1.86. The molecule has 0 N–H and O–H groups in total. The number of hydrogen-bond acceptors (Lipinski definition) is 1. The van der Waals surface area contributed by atoms with Gasteiger partial charge in [-0.3, -0.25) is 0 Å². The first-order valence-corrected chi connectivity index (χ1v) is 6.33. The number of aryl methyl sites for hydroxylation is 1. The molecule has 0 saturated heterocycles. The zero-order valence-electron chi connectivity index (χ0n) is 10.3. The molecule has 2 aromatic carbocycles. The third kappa shape index (κ3) is 1.15. The average molecular weight is 234 g/mol. The fourth-order valence-corrected chi connectivity index (χ4v) is 3.03. The second-order valence-corrected chi connectivity index (χ2v) is 5.09. The predicted octanol–water partition coefficient (Wildman–Crippen LogP) is 3.88. The Labute approximate surface area is 107 Å². The maximum Gasteiger partial charge on any atom is 0.138 e. The van der Waals surface area contributed by atoms with Crippen molar-refractivity contribution in [2.45, 2.75) is 18.6 Å². The number of rotatable bonds is 1. The van der Waals surface area contributed by atoms with Crippen LogP contribution in [-0.2, 0) is 10.3 Å². The first kappa shape index (κ1) is 10.1. The van der Waals surface area contributed by atoms with Gasteiger partial charge in [0.15, 0.2) is 0 Å². The Morgan fingerprint density at radius 3 is 2.61 bits per heavy atom. The number of benzene rings is 2. The first-order chi connectivity index (χ1) is 8.79. The van der Waals surface area contributed by atoms with Crippen LogP contribution in [0.15, 0.2) is 60.7 Å². The highest BCUT2D eigenvalue weighted by Crippen LogP contribution is 2.53. The molecule has 88 valence electrons. The quantitative estimate of drug-likeness (QED) is 0.680. The van der Waals surface area contributed by atoms with E-state index in [4.69, 9.17) is 4.74 Å². The summed E-state index contributed by atoms with van der Waals surface area (Å²) in [7, 11) is 0. The lowest BCUT2D eigenvalue weighted by Gasteiger charge is -2.25. The van der Waals surface area contributed by atoms with Crippen LogP contribution in [0.5, 0.6) is 0 Å². The van der Waals surface area contributed by atoms with Gasteiger partial charge in [-0.1, -0.05) is 60.2 Å². The van der Waals surface area contributed by atoms with Crippen LogP contribution in [0.3, 0.4) is 0 Å². The molecule has 1 heteroatoms. The number of hydrogen-bond donors (Lipinski definition) is 0. The van der Waals surface area contributed by atoms with Crippen LogP contribution in [0.2, 0.25) is 0 Å². The van der Waals surface area contributed by atoms with E-state index in [0.29, 0.717) is 0 Å². The predicted molar refractivity (Wildman–Crippen MR) is 71.4 cm³/mol. The second-order valence-electron chi connectivity index (χ2n) is 5.09. The summed E-state index contributed by atoms with van der Waals surface area (Å²) in [5, 5.41) is 0. The Balaban J connectivity index is 1.94. The van der Waals surface area contributed by atoms with Crippen LogP contribution in [0.25, 0.3) is 0 Å². The molecule has 0 saturated carbocycles. The van der Waals surface area contributed by atoms with Gasteiger partial charge in [-0.25, -0.2) is 0 Å². The van der Waals surface area contributed by atoms with Crippen molar-refractivity contribution >= 4 is 0 Å². The van der Waals surface area contributed by atoms with Crippen molar-refractivity contribution in [3.63, 3.8) is 0 Å². The summed E-state index contributed by atoms with van der Waals surface area (Å²) in [4.78, 5) is 0. The SMILES string of the molecule is Cc1ccc([C@]23C=C[C@H](O2)c2ccccc23)cc1. The molecule has 2 bridgehead atoms. The van der Waals surface area contributed by atoms with Crippen LogP contribution in [0, 0.1) is 6.92 Å². The number of fused-ring (bicyclic) bond motifs is 5. The molecule has 2 aliphatic heterocycles. The molecule has 2 atom stereocenters. The summed E-state index contributed by atoms with van der Waals surface area (Å²) >= 11 is 0. The van der Waals surface area contributed by atoms with Gasteiger partial charge in [0, 0.05) is 0 Å². The third-order valence-corrected chi connectivity index (χ3v) is 3.97. The molecule has 0 unspecified atom stereocenters. The van der Waals surface area contributed by atoms with Crippen LogP contribution < -0.4 is 0 Å². The molecular formula is C17H14O. The van der Waals surface area contributed by atoms with Crippen LogP contribution in [-0.4, -0.2) is 0 Å². The molecule has 0 aromatic heterocycles. The van der Waals surface area contributed by atoms with E-state index in [1.807, 2.05) is 0 Å². The van der Waals surface area contributed by atoms with E-state index in [0.717, 1.165) is 0 Å². The largest absolute Gasteiger partial charge is 0.349 e. The van der Waals surface area contributed by atoms with Crippen molar-refractivity contribution in [3.8, 4) is 0 Å². The fourth-order valence-electron chi connectivity index (χ4n) is 3.03. The Kier molecular flexibility index (Phi) is 1.87. The van der Waals surface area contributed by atoms with Crippen molar-refractivity contribution in [3.05, 3.63) is 82.9 Å². The molecule has 2 aliphatic rings. The molecule has 0 aliphatic carbocycles. The Morgan fingerprint density at radius 1 is 1.00 bits per heavy atom. The van der Waals surface area contributed by atoms with Crippen molar-refractivity contribution in [1.29, 1.82) is 0 Å². The van der Waals surface area contributed by atoms with Gasteiger partial charge in [0.1, 0.15) is 11.7 Å². The summed E-state index contributed by atoms with van der Waals surface area (Å²) in [6, 6.07) is 17.2. The van der Waals surface area contributed by atoms with E-state index in [9.17, 15) is 0 Å². The van der Waals surface area contributed by atoms with E-state index in [2.05, 4.69) is 67.6 Å². The van der Waals surface area contributed by atoms with Crippen LogP contribution in [0.1, 0.15) is 28.4 Å². The minimum absolute atomic E-state index is 0.127. The minimum Gasteiger partial charge on any atom is -0.349 e. The smallest absolute Gasteiger partial charge is 0.138 e. The summed E-state index contributed by atoms with van der Waals surface area (Å²) in [6.07, 6.45) is 4.50. The van der Waals surface area contributed by atoms with Gasteiger partial charge in [0.05, 0.1) is 0 Å². The molecule has 2 aromatic rings. The molecule has 0 fully saturated rings. The van der Waals surface area contributed by atoms with Gasteiger partial charge in [-0.05, 0) is 29.7 Å². The minimum atomic E-state index is -0.352. The maximum absolute atomic E-state index is 6.25. The standard InChI is InChI=1S/C17H14O/c1-12-6-8-13(9-7-12)17-11-10-16(18-17)14-4-2-3-5-15(14)17/h2-11,16H,1H3/t16-,17-/m0/s1. The zero-order chi connectivity index (χ0) is 12.2. The summed E-state index contributed by atoms with van der Waals surface area (Å²) in [5.74, 6) is 0. The summed E-state index contributed by atoms with van der Waals surface area (Å²) in [5.41, 5.74) is 4.74. The molecule has 0 radical (unpaired) electrons. The molecule has 18 heavy (non-hydrogen) atoms. The summed E-state index contributed by atoms with van der Waals surface area (Å²) in [6.45, 7) is 2.11. The van der Waals surface area contributed by atoms with Crippen LogP contribution >= 0.6 is 0 Å². The van der Waals surface area contributed by atoms with Gasteiger partial charge in [-0.15, -0.1) is 0 Å². The van der Waals surface area contributed by atoms with E-state index in [1.54, 1.807) is 0 Å². The third-order valence-electron chi connectivity index (χ3n) is 3.97. The van der Waals surface area contributed by atoms with Crippen LogP contribution in [0.4, 0.5) is 0 Å². The van der Waals surface area contributed by atoms with Gasteiger partial charge < -0.3 is 4.74 Å². The lowest BCUT2D eigenvalue weighted by atomic mass is 9.82. The van der Waals surface area contributed by atoms with Crippen molar-refractivity contribution < 1.29 is 4.74 Å². The van der Waals surface area contributed by atoms with E-state index in [1.165, 1.54) is 22.3 Å². The highest BCUT2D eigenvalue weighted by atomic mass is 16.5. The average Bonchev–Trinajstić information content (AvgIpc) is 2.98. The Morgan fingerprint density at radius 2 is 1.78 bits per heavy atom. The van der Waals surface area contributed by atoms with E-state index < -0.39 is 0 Å². The summed E-state index contributed by atoms with van der Waals surface area (Å²) < 4.78 is 6.25. The number of ether oxygens (including phenoxy) is 1. The molecule has 0 spiro atoms. The topological polar surface area (TPSA) is 9.23 Å². The molecule has 4 rings (SSSR count). The Bertz CT molecular complexity index is 639. The maximum atomic E-state index is 6.25. The molecular weight excluding hydrogens is 220 g/mol. The molecule has 2 heterocycles. The van der Waals surface area contributed by atoms with E-state index in [-0.39, 0.29) is 11.7 Å². The molecule has 0 amide bonds. The highest BCUT2D eigenvalue weighted by molar-refractivity contribution is 5.54. The van der Waals surface area contributed by atoms with Gasteiger partial charge in [0.25, 0.3) is 0 Å².